The Morgan fingerprint density at radius 3 is 2.50 bits per heavy atom. The maximum Gasteiger partial charge on any atom is 0.338 e. The maximum atomic E-state index is 12.1. The second-order valence-corrected chi connectivity index (χ2v) is 4.59. The number of carbonyl (C=O) groups is 2. The number of carbonyl (C=O) groups excluding carboxylic acids is 2. The fourth-order valence-electron chi connectivity index (χ4n) is 2.00. The summed E-state index contributed by atoms with van der Waals surface area (Å²) in [6.07, 6.45) is 2.97. The largest absolute Gasteiger partial charge is 0.486 e. The molecule has 6 nitrogen and oxygen atoms in total. The van der Waals surface area contributed by atoms with Crippen LogP contribution in [-0.4, -0.2) is 36.6 Å². The average molecular weight is 299 g/mol. The normalized spacial score (nSPS) is 12.5. The van der Waals surface area contributed by atoms with E-state index < -0.39 is 5.97 Å². The van der Waals surface area contributed by atoms with Gasteiger partial charge in [0.2, 0.25) is 0 Å². The maximum absolute atomic E-state index is 12.1. The lowest BCUT2D eigenvalue weighted by Crippen LogP contribution is -2.17. The number of fused-ring (bicyclic) bond motifs is 1. The lowest BCUT2D eigenvalue weighted by molar-refractivity contribution is 0.0474. The molecule has 1 aromatic heterocycles. The fraction of sp³-hybridized carbons (Fsp3) is 0.188. The van der Waals surface area contributed by atoms with Crippen LogP contribution in [0.25, 0.3) is 0 Å². The SMILES string of the molecule is O=C(COC(=O)c1ccncc1)c1ccc2c(c1)OCCO2. The number of rotatable bonds is 4. The van der Waals surface area contributed by atoms with Crippen molar-refractivity contribution in [2.75, 3.05) is 19.8 Å². The molecule has 112 valence electrons. The molecule has 22 heavy (non-hydrogen) atoms. The Morgan fingerprint density at radius 1 is 1.00 bits per heavy atom. The van der Waals surface area contributed by atoms with E-state index in [1.54, 1.807) is 18.2 Å². The summed E-state index contributed by atoms with van der Waals surface area (Å²) in [5, 5.41) is 0. The van der Waals surface area contributed by atoms with Crippen molar-refractivity contribution in [2.24, 2.45) is 0 Å². The third-order valence-electron chi connectivity index (χ3n) is 3.11. The lowest BCUT2D eigenvalue weighted by Gasteiger charge is -2.18. The number of hydrogen-bond acceptors (Lipinski definition) is 6. The monoisotopic (exact) mass is 299 g/mol. The Hall–Kier alpha value is -2.89. The molecule has 0 spiro atoms. The molecule has 2 heterocycles. The van der Waals surface area contributed by atoms with Gasteiger partial charge in [0.1, 0.15) is 13.2 Å². The molecule has 1 aliphatic heterocycles. The van der Waals surface area contributed by atoms with E-state index in [1.165, 1.54) is 24.5 Å². The zero-order chi connectivity index (χ0) is 15.4. The van der Waals surface area contributed by atoms with Crippen molar-refractivity contribution in [3.63, 3.8) is 0 Å². The molecule has 0 amide bonds. The zero-order valence-electron chi connectivity index (χ0n) is 11.7. The molecular weight excluding hydrogens is 286 g/mol. The first kappa shape index (κ1) is 14.1. The molecule has 0 unspecified atom stereocenters. The van der Waals surface area contributed by atoms with Crippen LogP contribution in [0.3, 0.4) is 0 Å². The van der Waals surface area contributed by atoms with E-state index in [2.05, 4.69) is 4.98 Å². The van der Waals surface area contributed by atoms with E-state index in [1.807, 2.05) is 0 Å². The molecule has 0 radical (unpaired) electrons. The highest BCUT2D eigenvalue weighted by Gasteiger charge is 2.16. The molecule has 6 heteroatoms. The molecule has 0 saturated carbocycles. The van der Waals surface area contributed by atoms with Crippen LogP contribution in [0.5, 0.6) is 11.5 Å². The summed E-state index contributed by atoms with van der Waals surface area (Å²) in [5.74, 6) is 0.266. The summed E-state index contributed by atoms with van der Waals surface area (Å²) in [6.45, 7) is 0.603. The first-order chi connectivity index (χ1) is 10.7. The minimum absolute atomic E-state index is 0.306. The van der Waals surface area contributed by atoms with Crippen LogP contribution in [0.1, 0.15) is 20.7 Å². The van der Waals surface area contributed by atoms with Crippen LogP contribution in [-0.2, 0) is 4.74 Å². The topological polar surface area (TPSA) is 74.7 Å². The second-order valence-electron chi connectivity index (χ2n) is 4.59. The van der Waals surface area contributed by atoms with Crippen LogP contribution in [0.2, 0.25) is 0 Å². The van der Waals surface area contributed by atoms with Crippen LogP contribution in [0, 0.1) is 0 Å². The van der Waals surface area contributed by atoms with E-state index in [4.69, 9.17) is 14.2 Å². The van der Waals surface area contributed by atoms with Gasteiger partial charge < -0.3 is 14.2 Å². The van der Waals surface area contributed by atoms with Gasteiger partial charge in [-0.15, -0.1) is 0 Å². The van der Waals surface area contributed by atoms with Crippen molar-refractivity contribution in [2.45, 2.75) is 0 Å². The summed E-state index contributed by atoms with van der Waals surface area (Å²) >= 11 is 0. The van der Waals surface area contributed by atoms with Gasteiger partial charge in [0.25, 0.3) is 0 Å². The number of Topliss-reactive ketones (excluding diaryl/α,β-unsaturated/α-hetero) is 1. The van der Waals surface area contributed by atoms with E-state index in [9.17, 15) is 9.59 Å². The van der Waals surface area contributed by atoms with Crippen molar-refractivity contribution in [3.8, 4) is 11.5 Å². The lowest BCUT2D eigenvalue weighted by atomic mass is 10.1. The minimum Gasteiger partial charge on any atom is -0.486 e. The Bertz CT molecular complexity index is 699. The third kappa shape index (κ3) is 3.06. The molecule has 1 aliphatic rings. The summed E-state index contributed by atoms with van der Waals surface area (Å²) in [7, 11) is 0. The third-order valence-corrected chi connectivity index (χ3v) is 3.11. The number of ether oxygens (including phenoxy) is 3. The summed E-state index contributed by atoms with van der Waals surface area (Å²) in [4.78, 5) is 27.7. The van der Waals surface area contributed by atoms with Crippen molar-refractivity contribution in [1.29, 1.82) is 0 Å². The van der Waals surface area contributed by atoms with Gasteiger partial charge in [0.15, 0.2) is 23.9 Å². The number of benzene rings is 1. The number of aromatic nitrogens is 1. The standard InChI is InChI=1S/C16H13NO5/c18-13(10-22-16(19)11-3-5-17-6-4-11)12-1-2-14-15(9-12)21-8-7-20-14/h1-6,9H,7-8,10H2. The Morgan fingerprint density at radius 2 is 1.73 bits per heavy atom. The molecule has 3 rings (SSSR count). The van der Waals surface area contributed by atoms with Gasteiger partial charge in [-0.25, -0.2) is 4.79 Å². The van der Waals surface area contributed by atoms with E-state index in [0.29, 0.717) is 35.8 Å². The fourth-order valence-corrected chi connectivity index (χ4v) is 2.00. The first-order valence-electron chi connectivity index (χ1n) is 6.74. The molecule has 0 saturated heterocycles. The molecule has 0 N–H and O–H groups in total. The van der Waals surface area contributed by atoms with Gasteiger partial charge in [-0.05, 0) is 30.3 Å². The minimum atomic E-state index is -0.562. The highest BCUT2D eigenvalue weighted by molar-refractivity contribution is 5.99. The number of hydrogen-bond donors (Lipinski definition) is 0. The zero-order valence-corrected chi connectivity index (χ0v) is 11.7. The average Bonchev–Trinajstić information content (AvgIpc) is 2.59. The van der Waals surface area contributed by atoms with E-state index in [-0.39, 0.29) is 12.4 Å². The predicted molar refractivity (Wildman–Crippen MR) is 76.3 cm³/mol. The number of pyridine rings is 1. The second kappa shape index (κ2) is 6.26. The number of nitrogens with zero attached hydrogens (tertiary/aromatic N) is 1. The van der Waals surface area contributed by atoms with E-state index >= 15 is 0 Å². The van der Waals surface area contributed by atoms with Gasteiger partial charge in [0, 0.05) is 18.0 Å². The molecule has 2 aromatic rings. The van der Waals surface area contributed by atoms with Crippen LogP contribution in [0.4, 0.5) is 0 Å². The van der Waals surface area contributed by atoms with Gasteiger partial charge in [0.05, 0.1) is 5.56 Å². The Labute approximate surface area is 126 Å². The number of esters is 1. The van der Waals surface area contributed by atoms with Crippen LogP contribution in [0.15, 0.2) is 42.7 Å². The van der Waals surface area contributed by atoms with Crippen molar-refractivity contribution < 1.29 is 23.8 Å². The molecule has 0 bridgehead atoms. The summed E-state index contributed by atoms with van der Waals surface area (Å²) in [5.41, 5.74) is 0.761. The van der Waals surface area contributed by atoms with Gasteiger partial charge >= 0.3 is 5.97 Å². The molecular formula is C16H13NO5. The highest BCUT2D eigenvalue weighted by Crippen LogP contribution is 2.30. The van der Waals surface area contributed by atoms with Crippen molar-refractivity contribution in [3.05, 3.63) is 53.9 Å². The molecule has 0 fully saturated rings. The smallest absolute Gasteiger partial charge is 0.338 e. The van der Waals surface area contributed by atoms with E-state index in [0.717, 1.165) is 0 Å². The van der Waals surface area contributed by atoms with Crippen molar-refractivity contribution in [1.82, 2.24) is 4.98 Å². The van der Waals surface area contributed by atoms with Crippen molar-refractivity contribution >= 4 is 11.8 Å². The van der Waals surface area contributed by atoms with Gasteiger partial charge in [-0.2, -0.15) is 0 Å². The van der Waals surface area contributed by atoms with Crippen LogP contribution >= 0.6 is 0 Å². The van der Waals surface area contributed by atoms with Gasteiger partial charge in [-0.3, -0.25) is 9.78 Å². The molecule has 1 aromatic carbocycles. The summed E-state index contributed by atoms with van der Waals surface area (Å²) < 4.78 is 15.8. The highest BCUT2D eigenvalue weighted by atomic mass is 16.6. The van der Waals surface area contributed by atoms with Gasteiger partial charge in [-0.1, -0.05) is 0 Å². The summed E-state index contributed by atoms with van der Waals surface area (Å²) in [6, 6.07) is 7.94. The Kier molecular flexibility index (Phi) is 4.00. The molecule has 0 aliphatic carbocycles. The Balaban J connectivity index is 1.64. The predicted octanol–water partition coefficient (Wildman–Crippen LogP) is 1.89. The quantitative estimate of drug-likeness (QED) is 0.634. The number of ketones is 1. The first-order valence-corrected chi connectivity index (χ1v) is 6.74. The van der Waals surface area contributed by atoms with Crippen LogP contribution < -0.4 is 9.47 Å². The molecule has 0 atom stereocenters.